The highest BCUT2D eigenvalue weighted by atomic mass is 35.5. The van der Waals surface area contributed by atoms with Crippen molar-refractivity contribution in [3.63, 3.8) is 0 Å². The Kier molecular flexibility index (Phi) is 37.3. The van der Waals surface area contributed by atoms with Gasteiger partial charge in [0, 0.05) is 38.1 Å². The maximum absolute atomic E-state index is 13.7. The van der Waals surface area contributed by atoms with Gasteiger partial charge in [0.25, 0.3) is 23.6 Å². The molecule has 0 saturated carbocycles. The van der Waals surface area contributed by atoms with Crippen LogP contribution in [0.15, 0.2) is 158 Å². The number of hydrogen-bond acceptors (Lipinski definition) is 20. The second-order valence-corrected chi connectivity index (χ2v) is 23.5. The van der Waals surface area contributed by atoms with Crippen molar-refractivity contribution in [3.05, 3.63) is 213 Å². The number of cyclic esters (lactones) is 1. The number of likely N-dealkylation sites (N-methyl/N-ethyl adjacent to an activating group) is 1. The van der Waals surface area contributed by atoms with Crippen LogP contribution in [0.5, 0.6) is 0 Å². The standard InChI is InChI=1S/C27H30ClF2N5O4.C22H20N2O6.C13H18N2O4.C11H9NO4.3H2S/c1-35(25(37)10-8-17-4-2-6-22(30)26(17)28)21(5-3-11-32-24(36)14-31)16-39-27(38)34-23-13-19-12-20(29)9-7-18(19)15-33-23;25-19-16-9-4-5-10-17(16)20(26)23(19)12-6-11-18-21(27)30-14-24(18)22(28)29-13-15-7-2-1-3-8-15;14-8-4-7-11(12(16)17)15-13(18)19-9-10-5-2-1-3-6-10;1-2-16-11(15)12-9(13)7-5-3-4-6-8(7)10(12)14;;;/h2,4,6-7,9,12-13,15,21H,3,5,8,10-11,14,16,31H2,1H3,(H,32,36)(H,33,34,38);1-5,7-10,18H,6,11-14H2;1-3,5-6,11H,4,7-9,14H2,(H,15,18)(H,16,17);3-6H,2H2,1H3;3*1H2/t21-;18-;11-;;;;/m000..../s1. The van der Waals surface area contributed by atoms with Crippen LogP contribution in [0.25, 0.3) is 10.8 Å². The number of ether oxygens (including phenoxy) is 5. The van der Waals surface area contributed by atoms with Crippen LogP contribution in [-0.2, 0) is 62.5 Å². The summed E-state index contributed by atoms with van der Waals surface area (Å²) in [6.07, 6.45) is 1.01. The van der Waals surface area contributed by atoms with E-state index < -0.39 is 77.9 Å². The van der Waals surface area contributed by atoms with Crippen LogP contribution in [-0.4, -0.2) is 173 Å². The predicted octanol–water partition coefficient (Wildman–Crippen LogP) is 9.50. The maximum Gasteiger partial charge on any atom is 0.424 e. The largest absolute Gasteiger partial charge is 0.480 e. The van der Waals surface area contributed by atoms with Crippen molar-refractivity contribution < 1.29 is 95.1 Å². The summed E-state index contributed by atoms with van der Waals surface area (Å²) in [4.78, 5) is 152. The van der Waals surface area contributed by atoms with Gasteiger partial charge in [-0.3, -0.25) is 43.9 Å². The Morgan fingerprint density at radius 3 is 1.85 bits per heavy atom. The van der Waals surface area contributed by atoms with Crippen LogP contribution in [0.4, 0.5) is 33.8 Å². The van der Waals surface area contributed by atoms with Gasteiger partial charge in [-0.25, -0.2) is 42.5 Å². The Bertz CT molecular complexity index is 4170. The molecule has 7 aromatic rings. The number of benzene rings is 6. The third-order valence-electron chi connectivity index (χ3n) is 16.0. The van der Waals surface area contributed by atoms with Crippen molar-refractivity contribution in [1.29, 1.82) is 0 Å². The number of imide groups is 4. The van der Waals surface area contributed by atoms with Gasteiger partial charge in [-0.15, -0.1) is 0 Å². The molecule has 1 aromatic heterocycles. The number of aryl methyl sites for hydroxylation is 1. The Labute approximate surface area is 640 Å². The zero-order valence-corrected chi connectivity index (χ0v) is 61.9. The summed E-state index contributed by atoms with van der Waals surface area (Å²) in [5, 5.41) is 17.6. The van der Waals surface area contributed by atoms with Gasteiger partial charge in [0.05, 0.1) is 46.5 Å². The lowest BCUT2D eigenvalue weighted by Crippen LogP contribution is -2.41. The quantitative estimate of drug-likeness (QED) is 0.0127. The average molecular weight is 1560 g/mol. The van der Waals surface area contributed by atoms with E-state index in [1.807, 2.05) is 60.7 Å². The average Bonchev–Trinajstić information content (AvgIpc) is 1.64. The van der Waals surface area contributed by atoms with Gasteiger partial charge in [0.15, 0.2) is 6.73 Å². The van der Waals surface area contributed by atoms with E-state index >= 15 is 0 Å². The van der Waals surface area contributed by atoms with E-state index in [-0.39, 0.29) is 158 Å². The summed E-state index contributed by atoms with van der Waals surface area (Å²) in [6.45, 7) is 2.34. The Balaban J connectivity index is 0.000000316. The van der Waals surface area contributed by atoms with Gasteiger partial charge in [-0.2, -0.15) is 45.4 Å². The molecule has 572 valence electrons. The number of fused-ring (bicyclic) bond motifs is 3. The van der Waals surface area contributed by atoms with Crippen LogP contribution in [0, 0.1) is 11.6 Å². The minimum absolute atomic E-state index is 0. The monoisotopic (exact) mass is 1560 g/mol. The first kappa shape index (κ1) is 88.7. The number of carbonyl (C=O) groups is 12. The molecule has 3 aliphatic heterocycles. The molecule has 0 radical (unpaired) electrons. The van der Waals surface area contributed by atoms with Gasteiger partial charge in [-0.1, -0.05) is 109 Å². The highest BCUT2D eigenvalue weighted by Gasteiger charge is 2.42. The number of carbonyl (C=O) groups excluding carboxylic acids is 11. The lowest BCUT2D eigenvalue weighted by atomic mass is 10.1. The molecule has 8 N–H and O–H groups in total. The van der Waals surface area contributed by atoms with Crippen molar-refractivity contribution in [2.24, 2.45) is 11.5 Å². The Morgan fingerprint density at radius 1 is 0.682 bits per heavy atom. The number of nitrogens with zero attached hydrogens (tertiary/aromatic N) is 5. The number of nitrogens with two attached hydrogens (primary N) is 2. The molecule has 107 heavy (non-hydrogen) atoms. The molecular formula is C73H83ClF2N10O18S3. The summed E-state index contributed by atoms with van der Waals surface area (Å²) in [7, 11) is 1.58. The zero-order chi connectivity index (χ0) is 75.2. The molecule has 1 saturated heterocycles. The number of nitrogens with one attached hydrogen (secondary N) is 3. The van der Waals surface area contributed by atoms with Gasteiger partial charge in [0.2, 0.25) is 11.8 Å². The van der Waals surface area contributed by atoms with E-state index in [1.54, 1.807) is 62.5 Å². The fraction of sp³-hybridized carbons (Fsp3) is 0.301. The van der Waals surface area contributed by atoms with E-state index in [0.29, 0.717) is 71.1 Å². The van der Waals surface area contributed by atoms with Crippen LogP contribution < -0.4 is 27.4 Å². The molecule has 4 heterocycles. The smallest absolute Gasteiger partial charge is 0.424 e. The number of carboxylic acid groups (broad SMARTS) is 1. The molecule has 0 spiro atoms. The topological polar surface area (TPSA) is 385 Å². The first-order chi connectivity index (χ1) is 50.0. The fourth-order valence-electron chi connectivity index (χ4n) is 10.5. The molecule has 1 fully saturated rings. The van der Waals surface area contributed by atoms with Crippen LogP contribution >= 0.6 is 52.1 Å². The number of anilines is 1. The molecule has 6 aromatic carbocycles. The molecule has 34 heteroatoms. The first-order valence-corrected chi connectivity index (χ1v) is 33.2. The molecule has 3 aliphatic rings. The predicted molar refractivity (Wildman–Crippen MR) is 403 cm³/mol. The highest BCUT2D eigenvalue weighted by Crippen LogP contribution is 2.27. The van der Waals surface area contributed by atoms with E-state index in [2.05, 4.69) is 25.7 Å². The SMILES string of the molecule is CCOC(=O)N1C(=O)c2ccccc2C1=O.CN(C(=O)CCc1cccc(F)c1Cl)[C@@H](CCCNC(=O)CN)COC(=O)Nc1cc2cc(F)ccc2cn1.NCCC[C@H](NC(=O)OCc1ccccc1)C(=O)O.O=C1OCN(C(=O)OCc2ccccc2)[C@H]1CCCN1C(=O)c2ccccc2C1=O.S.S.S. The minimum atomic E-state index is -1.09. The van der Waals surface area contributed by atoms with Gasteiger partial charge < -0.3 is 55.8 Å². The lowest BCUT2D eigenvalue weighted by molar-refractivity contribution is -0.140. The van der Waals surface area contributed by atoms with Crippen LogP contribution in [0.3, 0.4) is 0 Å². The van der Waals surface area contributed by atoms with Crippen molar-refractivity contribution in [2.45, 2.75) is 89.6 Å². The number of hydrogen-bond donors (Lipinski definition) is 6. The fourth-order valence-corrected chi connectivity index (χ4v) is 10.7. The summed E-state index contributed by atoms with van der Waals surface area (Å²) in [5.41, 5.74) is 14.0. The number of carboxylic acids is 1. The number of rotatable bonds is 26. The molecule has 3 atom stereocenters. The third kappa shape index (κ3) is 26.1. The van der Waals surface area contributed by atoms with E-state index in [0.717, 1.165) is 11.1 Å². The number of esters is 1. The van der Waals surface area contributed by atoms with Gasteiger partial charge in [0.1, 0.15) is 49.4 Å². The van der Waals surface area contributed by atoms with Crippen LogP contribution in [0.1, 0.15) is 110 Å². The molecule has 28 nitrogen and oxygen atoms in total. The van der Waals surface area contributed by atoms with Gasteiger partial charge in [-0.05, 0) is 135 Å². The first-order valence-electron chi connectivity index (χ1n) is 32.8. The molecule has 0 unspecified atom stereocenters. The molecule has 0 bridgehead atoms. The molecule has 10 amide bonds. The van der Waals surface area contributed by atoms with Crippen molar-refractivity contribution in [2.75, 3.05) is 58.5 Å². The summed E-state index contributed by atoms with van der Waals surface area (Å²) < 4.78 is 52.5. The van der Waals surface area contributed by atoms with Gasteiger partial charge >= 0.3 is 36.3 Å². The second kappa shape index (κ2) is 44.9. The molecule has 10 rings (SSSR count). The van der Waals surface area contributed by atoms with Crippen molar-refractivity contribution >= 4 is 140 Å². The number of alkyl carbamates (subject to hydrolysis) is 1. The number of amides is 10. The summed E-state index contributed by atoms with van der Waals surface area (Å²) in [6, 6.07) is 39.2. The minimum Gasteiger partial charge on any atom is -0.480 e. The Hall–Kier alpha value is -10.7. The number of aromatic nitrogens is 1. The normalized spacial score (nSPS) is 13.4. The van der Waals surface area contributed by atoms with Crippen molar-refractivity contribution in [1.82, 2.24) is 35.2 Å². The van der Waals surface area contributed by atoms with E-state index in [1.165, 1.54) is 63.4 Å². The number of halogens is 3. The Morgan fingerprint density at radius 2 is 1.27 bits per heavy atom. The summed E-state index contributed by atoms with van der Waals surface area (Å²) in [5.74, 6) is -4.91. The van der Waals surface area contributed by atoms with Crippen LogP contribution in [0.2, 0.25) is 5.02 Å². The highest BCUT2D eigenvalue weighted by molar-refractivity contribution is 7.59. The maximum atomic E-state index is 13.7. The number of pyridine rings is 1. The lowest BCUT2D eigenvalue weighted by Gasteiger charge is -2.28. The number of aliphatic carboxylic acids is 1. The summed E-state index contributed by atoms with van der Waals surface area (Å²) >= 11 is 6.00. The molecular weight excluding hydrogens is 1470 g/mol. The zero-order valence-electron chi connectivity index (χ0n) is 58.2. The molecule has 0 aliphatic carbocycles. The van der Waals surface area contributed by atoms with E-state index in [9.17, 15) is 66.3 Å². The van der Waals surface area contributed by atoms with Crippen molar-refractivity contribution in [3.8, 4) is 0 Å². The third-order valence-corrected chi connectivity index (χ3v) is 16.5. The second-order valence-electron chi connectivity index (χ2n) is 23.1. The van der Waals surface area contributed by atoms with E-state index in [4.69, 9.17) is 47.1 Å².